The second-order valence-electron chi connectivity index (χ2n) is 5.64. The molecule has 2 aliphatic rings. The summed E-state index contributed by atoms with van der Waals surface area (Å²) in [6, 6.07) is 5.46. The third kappa shape index (κ3) is 3.40. The SMILES string of the molecule is C/C(Nc1cccc(N/C(C)=C2/CCOC2=O)n1)=C1\CCOC1=O. The number of rotatable bonds is 4. The van der Waals surface area contributed by atoms with E-state index >= 15 is 0 Å². The van der Waals surface area contributed by atoms with Gasteiger partial charge in [-0.3, -0.25) is 0 Å². The molecule has 7 heteroatoms. The largest absolute Gasteiger partial charge is 0.462 e. The summed E-state index contributed by atoms with van der Waals surface area (Å²) in [5.41, 5.74) is 2.75. The van der Waals surface area contributed by atoms with Gasteiger partial charge in [-0.05, 0) is 26.0 Å². The van der Waals surface area contributed by atoms with Crippen molar-refractivity contribution in [1.29, 1.82) is 0 Å². The van der Waals surface area contributed by atoms with Crippen molar-refractivity contribution in [2.24, 2.45) is 0 Å². The van der Waals surface area contributed by atoms with Gasteiger partial charge >= 0.3 is 11.9 Å². The first kappa shape index (κ1) is 16.0. The van der Waals surface area contributed by atoms with Crippen molar-refractivity contribution in [3.63, 3.8) is 0 Å². The van der Waals surface area contributed by atoms with Crippen LogP contribution >= 0.6 is 0 Å². The van der Waals surface area contributed by atoms with Crippen LogP contribution in [0, 0.1) is 0 Å². The number of hydrogen-bond donors (Lipinski definition) is 2. The Bertz CT molecular complexity index is 693. The Morgan fingerprint density at radius 2 is 1.38 bits per heavy atom. The molecule has 0 radical (unpaired) electrons. The number of carbonyl (C=O) groups is 2. The molecular weight excluding hydrogens is 310 g/mol. The Morgan fingerprint density at radius 3 is 1.75 bits per heavy atom. The van der Waals surface area contributed by atoms with E-state index in [1.54, 1.807) is 0 Å². The van der Waals surface area contributed by atoms with Crippen LogP contribution in [0.25, 0.3) is 0 Å². The molecule has 1 aromatic heterocycles. The van der Waals surface area contributed by atoms with Crippen molar-refractivity contribution in [3.05, 3.63) is 40.7 Å². The summed E-state index contributed by atoms with van der Waals surface area (Å²) in [5, 5.41) is 6.25. The van der Waals surface area contributed by atoms with Gasteiger partial charge in [0.15, 0.2) is 0 Å². The maximum atomic E-state index is 11.6. The lowest BCUT2D eigenvalue weighted by Crippen LogP contribution is -2.08. The highest BCUT2D eigenvalue weighted by Gasteiger charge is 2.22. The number of aromatic nitrogens is 1. The summed E-state index contributed by atoms with van der Waals surface area (Å²) >= 11 is 0. The number of hydrogen-bond acceptors (Lipinski definition) is 7. The van der Waals surface area contributed by atoms with Crippen molar-refractivity contribution in [2.75, 3.05) is 23.8 Å². The van der Waals surface area contributed by atoms with E-state index in [1.807, 2.05) is 32.0 Å². The maximum Gasteiger partial charge on any atom is 0.335 e. The fraction of sp³-hybridized carbons (Fsp3) is 0.353. The van der Waals surface area contributed by atoms with Crippen molar-refractivity contribution in [1.82, 2.24) is 4.98 Å². The Labute approximate surface area is 139 Å². The van der Waals surface area contributed by atoms with E-state index in [0.29, 0.717) is 48.8 Å². The van der Waals surface area contributed by atoms with Crippen molar-refractivity contribution < 1.29 is 19.1 Å². The van der Waals surface area contributed by atoms with Crippen LogP contribution in [-0.2, 0) is 19.1 Å². The van der Waals surface area contributed by atoms with E-state index in [1.165, 1.54) is 0 Å². The number of nitrogens with one attached hydrogen (secondary N) is 2. The van der Waals surface area contributed by atoms with Gasteiger partial charge in [0.2, 0.25) is 0 Å². The van der Waals surface area contributed by atoms with Crippen LogP contribution in [0.3, 0.4) is 0 Å². The minimum absolute atomic E-state index is 0.283. The zero-order chi connectivity index (χ0) is 17.1. The first-order valence-corrected chi connectivity index (χ1v) is 7.79. The molecular formula is C17H19N3O4. The van der Waals surface area contributed by atoms with E-state index in [2.05, 4.69) is 15.6 Å². The molecule has 0 amide bonds. The summed E-state index contributed by atoms with van der Waals surface area (Å²) in [6.07, 6.45) is 1.20. The van der Waals surface area contributed by atoms with Crippen molar-refractivity contribution in [3.8, 4) is 0 Å². The predicted octanol–water partition coefficient (Wildman–Crippen LogP) is 2.35. The second kappa shape index (κ2) is 6.74. The van der Waals surface area contributed by atoms with Crippen molar-refractivity contribution >= 4 is 23.6 Å². The normalized spacial score (nSPS) is 21.2. The molecule has 0 atom stereocenters. The minimum Gasteiger partial charge on any atom is -0.462 e. The lowest BCUT2D eigenvalue weighted by molar-refractivity contribution is -0.136. The molecule has 2 fully saturated rings. The minimum atomic E-state index is -0.283. The van der Waals surface area contributed by atoms with Gasteiger partial charge in [-0.25, -0.2) is 14.6 Å². The molecule has 0 spiro atoms. The molecule has 24 heavy (non-hydrogen) atoms. The van der Waals surface area contributed by atoms with E-state index in [4.69, 9.17) is 9.47 Å². The summed E-state index contributed by atoms with van der Waals surface area (Å²) in [7, 11) is 0. The van der Waals surface area contributed by atoms with Gasteiger partial charge in [0, 0.05) is 24.2 Å². The number of pyridine rings is 1. The average molecular weight is 329 g/mol. The van der Waals surface area contributed by atoms with Crippen LogP contribution in [0.4, 0.5) is 11.6 Å². The fourth-order valence-electron chi connectivity index (χ4n) is 2.66. The van der Waals surface area contributed by atoms with Gasteiger partial charge in [-0.2, -0.15) is 0 Å². The molecule has 0 aromatic carbocycles. The Kier molecular flexibility index (Phi) is 4.50. The first-order chi connectivity index (χ1) is 11.5. The highest BCUT2D eigenvalue weighted by atomic mass is 16.5. The van der Waals surface area contributed by atoms with Gasteiger partial charge in [-0.1, -0.05) is 6.07 Å². The number of allylic oxidation sites excluding steroid dienone is 2. The topological polar surface area (TPSA) is 89.6 Å². The van der Waals surface area contributed by atoms with Crippen LogP contribution < -0.4 is 10.6 Å². The van der Waals surface area contributed by atoms with Crippen LogP contribution in [0.5, 0.6) is 0 Å². The smallest absolute Gasteiger partial charge is 0.335 e. The lowest BCUT2D eigenvalue weighted by Gasteiger charge is -2.11. The summed E-state index contributed by atoms with van der Waals surface area (Å²) in [4.78, 5) is 27.6. The van der Waals surface area contributed by atoms with Gasteiger partial charge < -0.3 is 20.1 Å². The summed E-state index contributed by atoms with van der Waals surface area (Å²) in [5.74, 6) is 0.650. The lowest BCUT2D eigenvalue weighted by atomic mass is 10.2. The number of ether oxygens (including phenoxy) is 2. The molecule has 0 aliphatic carbocycles. The predicted molar refractivity (Wildman–Crippen MR) is 88.0 cm³/mol. The molecule has 3 rings (SSSR count). The molecule has 0 saturated carbocycles. The molecule has 7 nitrogen and oxygen atoms in total. The van der Waals surface area contributed by atoms with Crippen LogP contribution in [0.15, 0.2) is 40.7 Å². The number of nitrogens with zero attached hydrogens (tertiary/aromatic N) is 1. The summed E-state index contributed by atoms with van der Waals surface area (Å²) in [6.45, 7) is 4.49. The second-order valence-corrected chi connectivity index (χ2v) is 5.64. The van der Waals surface area contributed by atoms with Crippen LogP contribution in [-0.4, -0.2) is 30.1 Å². The molecule has 2 saturated heterocycles. The highest BCUT2D eigenvalue weighted by Crippen LogP contribution is 2.22. The number of esters is 2. The zero-order valence-electron chi connectivity index (χ0n) is 13.6. The third-order valence-corrected chi connectivity index (χ3v) is 3.95. The maximum absolute atomic E-state index is 11.6. The first-order valence-electron chi connectivity index (χ1n) is 7.79. The zero-order valence-corrected chi connectivity index (χ0v) is 13.6. The fourth-order valence-corrected chi connectivity index (χ4v) is 2.66. The average Bonchev–Trinajstić information content (AvgIpc) is 3.16. The van der Waals surface area contributed by atoms with E-state index in [-0.39, 0.29) is 11.9 Å². The number of carbonyl (C=O) groups excluding carboxylic acids is 2. The van der Waals surface area contributed by atoms with Gasteiger partial charge in [-0.15, -0.1) is 0 Å². The molecule has 3 heterocycles. The molecule has 0 unspecified atom stereocenters. The van der Waals surface area contributed by atoms with Gasteiger partial charge in [0.25, 0.3) is 0 Å². The van der Waals surface area contributed by atoms with E-state index < -0.39 is 0 Å². The molecule has 2 aliphatic heterocycles. The van der Waals surface area contributed by atoms with Crippen LogP contribution in [0.2, 0.25) is 0 Å². The van der Waals surface area contributed by atoms with Gasteiger partial charge in [0.05, 0.1) is 24.4 Å². The standard InChI is InChI=1S/C17H19N3O4/c1-10(12-6-8-23-16(12)21)18-14-4-3-5-15(20-14)19-11(2)13-7-9-24-17(13)22/h3-5H,6-9H2,1-2H3,(H2,18,19,20)/b12-10-,13-11-. The van der Waals surface area contributed by atoms with Crippen LogP contribution in [0.1, 0.15) is 26.7 Å². The van der Waals surface area contributed by atoms with E-state index in [9.17, 15) is 9.59 Å². The number of cyclic esters (lactones) is 2. The highest BCUT2D eigenvalue weighted by molar-refractivity contribution is 5.92. The Hall–Kier alpha value is -2.83. The molecule has 0 bridgehead atoms. The monoisotopic (exact) mass is 329 g/mol. The van der Waals surface area contributed by atoms with E-state index in [0.717, 1.165) is 11.4 Å². The molecule has 1 aromatic rings. The van der Waals surface area contributed by atoms with Crippen molar-refractivity contribution in [2.45, 2.75) is 26.7 Å². The third-order valence-electron chi connectivity index (χ3n) is 3.95. The number of anilines is 2. The molecule has 2 N–H and O–H groups in total. The Balaban J connectivity index is 1.75. The summed E-state index contributed by atoms with van der Waals surface area (Å²) < 4.78 is 9.90. The quantitative estimate of drug-likeness (QED) is 0.647. The Morgan fingerprint density at radius 1 is 0.917 bits per heavy atom. The molecule has 126 valence electrons. The van der Waals surface area contributed by atoms with Gasteiger partial charge in [0.1, 0.15) is 11.6 Å².